The summed E-state index contributed by atoms with van der Waals surface area (Å²) in [5.41, 5.74) is 0. The van der Waals surface area contributed by atoms with E-state index in [1.165, 1.54) is 6.92 Å². The van der Waals surface area contributed by atoms with Crippen molar-refractivity contribution in [2.24, 2.45) is 0 Å². The molecule has 4 atom stereocenters. The molecule has 74 valence electrons. The second-order valence-electron chi connectivity index (χ2n) is 3.90. The number of ether oxygens (including phenoxy) is 1. The third-order valence-corrected chi connectivity index (χ3v) is 2.81. The van der Waals surface area contributed by atoms with E-state index in [1.807, 2.05) is 0 Å². The molecule has 0 aliphatic carbocycles. The lowest BCUT2D eigenvalue weighted by molar-refractivity contribution is -0.129. The standard InChI is InChI=1S/C9H15NO3/c1-5(11)9(12)10-7-4-6-2-3-8(7)13-6/h5-8,11H,2-4H2,1H3,(H,10,12)/t5-,6?,7?,8?/m1/s1. The Hall–Kier alpha value is -0.610. The fourth-order valence-corrected chi connectivity index (χ4v) is 2.09. The summed E-state index contributed by atoms with van der Waals surface area (Å²) >= 11 is 0. The van der Waals surface area contributed by atoms with Crippen LogP contribution in [0.4, 0.5) is 0 Å². The van der Waals surface area contributed by atoms with Gasteiger partial charge in [0, 0.05) is 0 Å². The van der Waals surface area contributed by atoms with Gasteiger partial charge in [0.1, 0.15) is 6.10 Å². The lowest BCUT2D eigenvalue weighted by Gasteiger charge is -2.20. The number of aliphatic hydroxyl groups is 1. The first-order valence-electron chi connectivity index (χ1n) is 4.80. The SMILES string of the molecule is C[C@@H](O)C(=O)NC1CC2CCC1O2. The summed E-state index contributed by atoms with van der Waals surface area (Å²) in [6, 6.07) is 0.126. The third-order valence-electron chi connectivity index (χ3n) is 2.81. The zero-order valence-electron chi connectivity index (χ0n) is 7.69. The molecule has 2 fully saturated rings. The number of hydrogen-bond acceptors (Lipinski definition) is 3. The van der Waals surface area contributed by atoms with E-state index < -0.39 is 6.10 Å². The van der Waals surface area contributed by atoms with E-state index in [4.69, 9.17) is 9.84 Å². The first-order valence-corrected chi connectivity index (χ1v) is 4.80. The maximum atomic E-state index is 11.2. The van der Waals surface area contributed by atoms with E-state index in [-0.39, 0.29) is 18.1 Å². The van der Waals surface area contributed by atoms with Gasteiger partial charge >= 0.3 is 0 Å². The van der Waals surface area contributed by atoms with Crippen LogP contribution in [0.2, 0.25) is 0 Å². The Kier molecular flexibility index (Phi) is 2.26. The summed E-state index contributed by atoms with van der Waals surface area (Å²) in [5, 5.41) is 11.8. The van der Waals surface area contributed by atoms with Crippen LogP contribution in [0.3, 0.4) is 0 Å². The van der Waals surface area contributed by atoms with Crippen molar-refractivity contribution < 1.29 is 14.6 Å². The maximum absolute atomic E-state index is 11.2. The van der Waals surface area contributed by atoms with Crippen molar-refractivity contribution >= 4 is 5.91 Å². The van der Waals surface area contributed by atoms with Gasteiger partial charge in [0.05, 0.1) is 18.2 Å². The summed E-state index contributed by atoms with van der Waals surface area (Å²) in [7, 11) is 0. The lowest BCUT2D eigenvalue weighted by Crippen LogP contribution is -2.45. The van der Waals surface area contributed by atoms with Crippen LogP contribution in [0.15, 0.2) is 0 Å². The lowest BCUT2D eigenvalue weighted by atomic mass is 9.95. The smallest absolute Gasteiger partial charge is 0.248 e. The van der Waals surface area contributed by atoms with Crippen LogP contribution >= 0.6 is 0 Å². The maximum Gasteiger partial charge on any atom is 0.248 e. The highest BCUT2D eigenvalue weighted by molar-refractivity contribution is 5.80. The number of nitrogens with one attached hydrogen (secondary N) is 1. The summed E-state index contributed by atoms with van der Waals surface area (Å²) in [4.78, 5) is 11.2. The first-order chi connectivity index (χ1) is 6.16. The Morgan fingerprint density at radius 1 is 1.62 bits per heavy atom. The van der Waals surface area contributed by atoms with Crippen LogP contribution in [0.5, 0.6) is 0 Å². The Morgan fingerprint density at radius 3 is 2.85 bits per heavy atom. The van der Waals surface area contributed by atoms with E-state index >= 15 is 0 Å². The minimum Gasteiger partial charge on any atom is -0.384 e. The van der Waals surface area contributed by atoms with Crippen molar-refractivity contribution in [2.45, 2.75) is 50.5 Å². The molecule has 0 aromatic heterocycles. The molecule has 13 heavy (non-hydrogen) atoms. The van der Waals surface area contributed by atoms with E-state index in [0.29, 0.717) is 6.10 Å². The number of fused-ring (bicyclic) bond motifs is 2. The molecule has 3 unspecified atom stereocenters. The summed E-state index contributed by atoms with van der Waals surface area (Å²) in [6.45, 7) is 1.48. The quantitative estimate of drug-likeness (QED) is 0.626. The monoisotopic (exact) mass is 185 g/mol. The van der Waals surface area contributed by atoms with Crippen LogP contribution in [0, 0.1) is 0 Å². The fourth-order valence-electron chi connectivity index (χ4n) is 2.09. The topological polar surface area (TPSA) is 58.6 Å². The van der Waals surface area contributed by atoms with Crippen molar-refractivity contribution in [1.29, 1.82) is 0 Å². The van der Waals surface area contributed by atoms with Crippen molar-refractivity contribution in [3.05, 3.63) is 0 Å². The number of aliphatic hydroxyl groups excluding tert-OH is 1. The molecule has 4 heteroatoms. The van der Waals surface area contributed by atoms with Crippen LogP contribution in [-0.2, 0) is 9.53 Å². The molecule has 1 amide bonds. The molecule has 0 radical (unpaired) electrons. The van der Waals surface area contributed by atoms with Gasteiger partial charge in [0.25, 0.3) is 0 Å². The highest BCUT2D eigenvalue weighted by atomic mass is 16.5. The largest absolute Gasteiger partial charge is 0.384 e. The van der Waals surface area contributed by atoms with Crippen molar-refractivity contribution in [3.63, 3.8) is 0 Å². The van der Waals surface area contributed by atoms with E-state index in [0.717, 1.165) is 19.3 Å². The highest BCUT2D eigenvalue weighted by Crippen LogP contribution is 2.34. The van der Waals surface area contributed by atoms with E-state index in [9.17, 15) is 4.79 Å². The minimum atomic E-state index is -0.917. The van der Waals surface area contributed by atoms with Crippen molar-refractivity contribution in [3.8, 4) is 0 Å². The molecule has 2 saturated heterocycles. The zero-order chi connectivity index (χ0) is 9.42. The Morgan fingerprint density at radius 2 is 2.38 bits per heavy atom. The van der Waals surface area contributed by atoms with Gasteiger partial charge in [0.2, 0.25) is 5.91 Å². The Balaban J connectivity index is 1.86. The second-order valence-corrected chi connectivity index (χ2v) is 3.90. The van der Waals surface area contributed by atoms with Gasteiger partial charge in [0.15, 0.2) is 0 Å². The number of carbonyl (C=O) groups excluding carboxylic acids is 1. The number of carbonyl (C=O) groups is 1. The number of hydrogen-bond donors (Lipinski definition) is 2. The van der Waals surface area contributed by atoms with Crippen molar-refractivity contribution in [2.75, 3.05) is 0 Å². The molecule has 0 aromatic carbocycles. The van der Waals surface area contributed by atoms with Crippen LogP contribution in [0.25, 0.3) is 0 Å². The van der Waals surface area contributed by atoms with Crippen LogP contribution in [0.1, 0.15) is 26.2 Å². The van der Waals surface area contributed by atoms with E-state index in [1.54, 1.807) is 0 Å². The fraction of sp³-hybridized carbons (Fsp3) is 0.889. The third kappa shape index (κ3) is 1.69. The molecule has 0 saturated carbocycles. The average Bonchev–Trinajstić information content (AvgIpc) is 2.64. The van der Waals surface area contributed by atoms with E-state index in [2.05, 4.69) is 5.32 Å². The highest BCUT2D eigenvalue weighted by Gasteiger charge is 2.41. The molecular formula is C9H15NO3. The molecule has 2 aliphatic rings. The Bertz CT molecular complexity index is 217. The Labute approximate surface area is 77.3 Å². The normalized spacial score (nSPS) is 39.1. The predicted octanol–water partition coefficient (Wildman–Crippen LogP) is -0.197. The number of rotatable bonds is 2. The molecule has 2 rings (SSSR count). The zero-order valence-corrected chi connectivity index (χ0v) is 7.69. The second kappa shape index (κ2) is 3.27. The van der Waals surface area contributed by atoms with Crippen LogP contribution in [-0.4, -0.2) is 35.4 Å². The molecular weight excluding hydrogens is 170 g/mol. The van der Waals surface area contributed by atoms with Gasteiger partial charge in [-0.05, 0) is 26.2 Å². The van der Waals surface area contributed by atoms with Gasteiger partial charge in [-0.2, -0.15) is 0 Å². The molecule has 0 spiro atoms. The summed E-state index contributed by atoms with van der Waals surface area (Å²) in [6.07, 6.45) is 2.67. The summed E-state index contributed by atoms with van der Waals surface area (Å²) < 4.78 is 5.57. The first kappa shape index (κ1) is 8.97. The predicted molar refractivity (Wildman–Crippen MR) is 46.1 cm³/mol. The molecule has 2 N–H and O–H groups in total. The molecule has 0 aromatic rings. The number of amides is 1. The minimum absolute atomic E-state index is 0.126. The van der Waals surface area contributed by atoms with Crippen molar-refractivity contribution in [1.82, 2.24) is 5.32 Å². The van der Waals surface area contributed by atoms with Gasteiger partial charge < -0.3 is 15.2 Å². The average molecular weight is 185 g/mol. The van der Waals surface area contributed by atoms with Gasteiger partial charge in [-0.25, -0.2) is 0 Å². The van der Waals surface area contributed by atoms with Gasteiger partial charge in [-0.15, -0.1) is 0 Å². The molecule has 2 heterocycles. The van der Waals surface area contributed by atoms with Gasteiger partial charge in [-0.3, -0.25) is 4.79 Å². The van der Waals surface area contributed by atoms with Crippen LogP contribution < -0.4 is 5.32 Å². The molecule has 2 aliphatic heterocycles. The van der Waals surface area contributed by atoms with Gasteiger partial charge in [-0.1, -0.05) is 0 Å². The molecule has 2 bridgehead atoms. The molecule has 4 nitrogen and oxygen atoms in total. The summed E-state index contributed by atoms with van der Waals surface area (Å²) in [5.74, 6) is -0.291.